The van der Waals surface area contributed by atoms with Gasteiger partial charge in [0.1, 0.15) is 0 Å². The lowest BCUT2D eigenvalue weighted by atomic mass is 10.0. The average Bonchev–Trinajstić information content (AvgIpc) is 2.30. The molecule has 17 heavy (non-hydrogen) atoms. The highest BCUT2D eigenvalue weighted by molar-refractivity contribution is 6.30. The van der Waals surface area contributed by atoms with E-state index in [4.69, 9.17) is 11.6 Å². The molecule has 3 heteroatoms. The molecule has 0 amide bonds. The highest BCUT2D eigenvalue weighted by Crippen LogP contribution is 2.13. The van der Waals surface area contributed by atoms with Crippen molar-refractivity contribution in [3.05, 3.63) is 34.9 Å². The van der Waals surface area contributed by atoms with Gasteiger partial charge >= 0.3 is 0 Å². The summed E-state index contributed by atoms with van der Waals surface area (Å²) in [6.45, 7) is 4.53. The van der Waals surface area contributed by atoms with Crippen molar-refractivity contribution in [2.75, 3.05) is 13.1 Å². The second kappa shape index (κ2) is 6.39. The lowest BCUT2D eigenvalue weighted by molar-refractivity contribution is 0.355. The monoisotopic (exact) mass is 252 g/mol. The molecule has 1 atom stereocenters. The molecule has 0 spiro atoms. The van der Waals surface area contributed by atoms with E-state index in [1.165, 1.54) is 18.4 Å². The molecule has 1 aliphatic heterocycles. The Bertz CT molecular complexity index is 348. The van der Waals surface area contributed by atoms with E-state index in [0.717, 1.165) is 24.5 Å². The SMILES string of the molecule is CC(Cc1cccc(Cl)c1)NC1CCNCC1. The number of hydrogen-bond acceptors (Lipinski definition) is 2. The quantitative estimate of drug-likeness (QED) is 0.861. The fraction of sp³-hybridized carbons (Fsp3) is 0.571. The molecule has 0 bridgehead atoms. The van der Waals surface area contributed by atoms with Crippen molar-refractivity contribution in [3.8, 4) is 0 Å². The van der Waals surface area contributed by atoms with Crippen molar-refractivity contribution in [2.24, 2.45) is 0 Å². The molecule has 2 nitrogen and oxygen atoms in total. The van der Waals surface area contributed by atoms with Gasteiger partial charge in [-0.15, -0.1) is 0 Å². The van der Waals surface area contributed by atoms with Gasteiger partial charge in [0.15, 0.2) is 0 Å². The zero-order valence-electron chi connectivity index (χ0n) is 10.4. The summed E-state index contributed by atoms with van der Waals surface area (Å²) in [7, 11) is 0. The molecular weight excluding hydrogens is 232 g/mol. The molecule has 2 rings (SSSR count). The van der Waals surface area contributed by atoms with Crippen LogP contribution in [0.3, 0.4) is 0 Å². The van der Waals surface area contributed by atoms with Gasteiger partial charge in [-0.2, -0.15) is 0 Å². The zero-order chi connectivity index (χ0) is 12.1. The van der Waals surface area contributed by atoms with E-state index >= 15 is 0 Å². The number of nitrogens with one attached hydrogen (secondary N) is 2. The summed E-state index contributed by atoms with van der Waals surface area (Å²) >= 11 is 5.99. The summed E-state index contributed by atoms with van der Waals surface area (Å²) in [6.07, 6.45) is 3.52. The number of benzene rings is 1. The highest BCUT2D eigenvalue weighted by Gasteiger charge is 2.15. The van der Waals surface area contributed by atoms with Crippen LogP contribution in [0.4, 0.5) is 0 Å². The van der Waals surface area contributed by atoms with Crippen LogP contribution in [0, 0.1) is 0 Å². The predicted octanol–water partition coefficient (Wildman–Crippen LogP) is 2.61. The second-order valence-electron chi connectivity index (χ2n) is 4.93. The van der Waals surface area contributed by atoms with Crippen LogP contribution in [-0.4, -0.2) is 25.2 Å². The van der Waals surface area contributed by atoms with Crippen LogP contribution < -0.4 is 10.6 Å². The third-order valence-electron chi connectivity index (χ3n) is 3.29. The average molecular weight is 253 g/mol. The van der Waals surface area contributed by atoms with Crippen LogP contribution in [0.5, 0.6) is 0 Å². The summed E-state index contributed by atoms with van der Waals surface area (Å²) < 4.78 is 0. The molecular formula is C14H21ClN2. The van der Waals surface area contributed by atoms with Crippen LogP contribution in [-0.2, 0) is 6.42 Å². The first-order valence-corrected chi connectivity index (χ1v) is 6.83. The molecule has 0 aliphatic carbocycles. The van der Waals surface area contributed by atoms with Gasteiger partial charge in [-0.1, -0.05) is 23.7 Å². The van der Waals surface area contributed by atoms with Crippen LogP contribution in [0.1, 0.15) is 25.3 Å². The van der Waals surface area contributed by atoms with Crippen LogP contribution in [0.25, 0.3) is 0 Å². The fourth-order valence-corrected chi connectivity index (χ4v) is 2.68. The van der Waals surface area contributed by atoms with E-state index in [0.29, 0.717) is 12.1 Å². The molecule has 1 saturated heterocycles. The van der Waals surface area contributed by atoms with Crippen LogP contribution in [0.2, 0.25) is 5.02 Å². The molecule has 1 unspecified atom stereocenters. The standard InChI is InChI=1S/C14H21ClN2/c1-11(17-14-5-7-16-8-6-14)9-12-3-2-4-13(15)10-12/h2-4,10-11,14,16-17H,5-9H2,1H3. The summed E-state index contributed by atoms with van der Waals surface area (Å²) in [6, 6.07) is 9.33. The molecule has 1 aromatic carbocycles. The van der Waals surface area contributed by atoms with Crippen molar-refractivity contribution in [3.63, 3.8) is 0 Å². The molecule has 0 radical (unpaired) electrons. The van der Waals surface area contributed by atoms with Crippen LogP contribution in [0.15, 0.2) is 24.3 Å². The first-order valence-electron chi connectivity index (χ1n) is 6.45. The molecule has 1 aliphatic rings. The molecule has 0 aromatic heterocycles. The summed E-state index contributed by atoms with van der Waals surface area (Å²) in [4.78, 5) is 0. The van der Waals surface area contributed by atoms with Crippen LogP contribution >= 0.6 is 11.6 Å². The maximum Gasteiger partial charge on any atom is 0.0408 e. The Morgan fingerprint density at radius 3 is 2.88 bits per heavy atom. The Balaban J connectivity index is 1.82. The lowest BCUT2D eigenvalue weighted by Crippen LogP contribution is -2.44. The number of rotatable bonds is 4. The summed E-state index contributed by atoms with van der Waals surface area (Å²) in [5.41, 5.74) is 1.31. The smallest absolute Gasteiger partial charge is 0.0408 e. The largest absolute Gasteiger partial charge is 0.317 e. The van der Waals surface area contributed by atoms with E-state index < -0.39 is 0 Å². The Morgan fingerprint density at radius 2 is 2.18 bits per heavy atom. The molecule has 2 N–H and O–H groups in total. The number of hydrogen-bond donors (Lipinski definition) is 2. The van der Waals surface area contributed by atoms with Crippen molar-refractivity contribution in [1.29, 1.82) is 0 Å². The number of piperidine rings is 1. The van der Waals surface area contributed by atoms with Gasteiger partial charge in [0.25, 0.3) is 0 Å². The Morgan fingerprint density at radius 1 is 1.41 bits per heavy atom. The number of halogens is 1. The Labute approximate surface area is 109 Å². The maximum atomic E-state index is 5.99. The van der Waals surface area contributed by atoms with Gasteiger partial charge in [-0.25, -0.2) is 0 Å². The Hall–Kier alpha value is -0.570. The highest BCUT2D eigenvalue weighted by atomic mass is 35.5. The minimum atomic E-state index is 0.511. The molecule has 0 saturated carbocycles. The van der Waals surface area contributed by atoms with Crippen molar-refractivity contribution in [2.45, 2.75) is 38.3 Å². The summed E-state index contributed by atoms with van der Waals surface area (Å²) in [5, 5.41) is 7.92. The van der Waals surface area contributed by atoms with Gasteiger partial charge in [0.2, 0.25) is 0 Å². The van der Waals surface area contributed by atoms with E-state index in [-0.39, 0.29) is 0 Å². The first kappa shape index (κ1) is 12.9. The lowest BCUT2D eigenvalue weighted by Gasteiger charge is -2.27. The minimum absolute atomic E-state index is 0.511. The molecule has 1 heterocycles. The normalized spacial score (nSPS) is 19.2. The van der Waals surface area contributed by atoms with Gasteiger partial charge in [0.05, 0.1) is 0 Å². The van der Waals surface area contributed by atoms with Gasteiger partial charge in [-0.05, 0) is 57.0 Å². The van der Waals surface area contributed by atoms with Crippen molar-refractivity contribution >= 4 is 11.6 Å². The van der Waals surface area contributed by atoms with E-state index in [1.807, 2.05) is 12.1 Å². The second-order valence-corrected chi connectivity index (χ2v) is 5.36. The third kappa shape index (κ3) is 4.30. The summed E-state index contributed by atoms with van der Waals surface area (Å²) in [5.74, 6) is 0. The maximum absolute atomic E-state index is 5.99. The predicted molar refractivity (Wildman–Crippen MR) is 73.6 cm³/mol. The third-order valence-corrected chi connectivity index (χ3v) is 3.53. The topological polar surface area (TPSA) is 24.1 Å². The van der Waals surface area contributed by atoms with Gasteiger partial charge in [-0.3, -0.25) is 0 Å². The van der Waals surface area contributed by atoms with Crippen molar-refractivity contribution < 1.29 is 0 Å². The van der Waals surface area contributed by atoms with Gasteiger partial charge < -0.3 is 10.6 Å². The van der Waals surface area contributed by atoms with Gasteiger partial charge in [0, 0.05) is 17.1 Å². The van der Waals surface area contributed by atoms with E-state index in [1.54, 1.807) is 0 Å². The first-order chi connectivity index (χ1) is 8.24. The fourth-order valence-electron chi connectivity index (χ4n) is 2.47. The van der Waals surface area contributed by atoms with E-state index in [2.05, 4.69) is 29.7 Å². The zero-order valence-corrected chi connectivity index (χ0v) is 11.1. The molecule has 1 fully saturated rings. The van der Waals surface area contributed by atoms with E-state index in [9.17, 15) is 0 Å². The van der Waals surface area contributed by atoms with Crippen molar-refractivity contribution in [1.82, 2.24) is 10.6 Å². The molecule has 1 aromatic rings. The Kier molecular flexibility index (Phi) is 4.84. The minimum Gasteiger partial charge on any atom is -0.317 e. The molecule has 94 valence electrons.